The number of carbonyl (C=O) groups excluding carboxylic acids is 1. The second-order valence-electron chi connectivity index (χ2n) is 4.71. The molecule has 0 fully saturated rings. The highest BCUT2D eigenvalue weighted by molar-refractivity contribution is 8.00. The number of benzene rings is 2. The average Bonchev–Trinajstić information content (AvgIpc) is 2.89. The van der Waals surface area contributed by atoms with Crippen LogP contribution >= 0.6 is 23.4 Å². The first-order valence-electron chi connectivity index (χ1n) is 6.70. The van der Waals surface area contributed by atoms with E-state index in [0.717, 1.165) is 5.69 Å². The monoisotopic (exact) mass is 332 g/mol. The number of hydrogen-bond acceptors (Lipinski definition) is 4. The molecular formula is C16H13ClN2O2S. The third-order valence-corrected chi connectivity index (χ3v) is 4.20. The van der Waals surface area contributed by atoms with Crippen molar-refractivity contribution < 1.29 is 9.21 Å². The zero-order valence-electron chi connectivity index (χ0n) is 11.7. The molecular weight excluding hydrogens is 320 g/mol. The number of hydrogen-bond donors (Lipinski definition) is 1. The van der Waals surface area contributed by atoms with E-state index in [2.05, 4.69) is 10.3 Å². The standard InChI is InChI=1S/C16H13ClN2O2S/c1-10(15(20)18-12-5-3-2-4-6-12)22-16-19-13-9-11(17)7-8-14(13)21-16/h2-10H,1H3,(H,18,20). The van der Waals surface area contributed by atoms with Gasteiger partial charge >= 0.3 is 0 Å². The molecule has 6 heteroatoms. The van der Waals surface area contributed by atoms with E-state index < -0.39 is 0 Å². The van der Waals surface area contributed by atoms with E-state index in [9.17, 15) is 4.79 Å². The van der Waals surface area contributed by atoms with Crippen LogP contribution in [0.3, 0.4) is 0 Å². The van der Waals surface area contributed by atoms with E-state index in [4.69, 9.17) is 16.0 Å². The fraction of sp³-hybridized carbons (Fsp3) is 0.125. The number of aromatic nitrogens is 1. The maximum absolute atomic E-state index is 12.2. The Hall–Kier alpha value is -1.98. The number of carbonyl (C=O) groups is 1. The zero-order chi connectivity index (χ0) is 15.5. The Balaban J connectivity index is 1.69. The summed E-state index contributed by atoms with van der Waals surface area (Å²) in [5.74, 6) is -0.100. The van der Waals surface area contributed by atoms with Crippen LogP contribution in [-0.2, 0) is 4.79 Å². The van der Waals surface area contributed by atoms with Crippen molar-refractivity contribution >= 4 is 46.1 Å². The summed E-state index contributed by atoms with van der Waals surface area (Å²) in [6, 6.07) is 14.6. The molecule has 0 aliphatic carbocycles. The number of thioether (sulfide) groups is 1. The van der Waals surface area contributed by atoms with E-state index in [0.29, 0.717) is 21.3 Å². The minimum atomic E-state index is -0.330. The van der Waals surface area contributed by atoms with Gasteiger partial charge in [0.05, 0.1) is 5.25 Å². The Labute approximate surface area is 136 Å². The van der Waals surface area contributed by atoms with E-state index in [1.165, 1.54) is 11.8 Å². The molecule has 1 heterocycles. The topological polar surface area (TPSA) is 55.1 Å². The first kappa shape index (κ1) is 14.9. The van der Waals surface area contributed by atoms with Gasteiger partial charge in [-0.15, -0.1) is 0 Å². The van der Waals surface area contributed by atoms with Crippen molar-refractivity contribution in [1.82, 2.24) is 4.98 Å². The molecule has 1 N–H and O–H groups in total. The van der Waals surface area contributed by atoms with Crippen molar-refractivity contribution in [1.29, 1.82) is 0 Å². The second-order valence-corrected chi connectivity index (χ2v) is 6.44. The lowest BCUT2D eigenvalue weighted by molar-refractivity contribution is -0.115. The summed E-state index contributed by atoms with van der Waals surface area (Å²) in [6.45, 7) is 1.81. The predicted molar refractivity (Wildman–Crippen MR) is 89.4 cm³/mol. The molecule has 3 aromatic rings. The number of rotatable bonds is 4. The van der Waals surface area contributed by atoms with Crippen LogP contribution in [0.1, 0.15) is 6.92 Å². The van der Waals surface area contributed by atoms with Gasteiger partial charge in [-0.05, 0) is 37.3 Å². The van der Waals surface area contributed by atoms with E-state index >= 15 is 0 Å². The highest BCUT2D eigenvalue weighted by Gasteiger charge is 2.18. The number of para-hydroxylation sites is 1. The van der Waals surface area contributed by atoms with Crippen LogP contribution in [0.5, 0.6) is 0 Å². The molecule has 112 valence electrons. The largest absolute Gasteiger partial charge is 0.431 e. The molecule has 0 aliphatic rings. The van der Waals surface area contributed by atoms with Gasteiger partial charge in [0.2, 0.25) is 5.91 Å². The SMILES string of the molecule is CC(Sc1nc2cc(Cl)ccc2o1)C(=O)Nc1ccccc1. The number of nitrogens with one attached hydrogen (secondary N) is 1. The fourth-order valence-corrected chi connectivity index (χ4v) is 2.82. The van der Waals surface area contributed by atoms with Crippen LogP contribution < -0.4 is 5.32 Å². The molecule has 22 heavy (non-hydrogen) atoms. The van der Waals surface area contributed by atoms with Crippen LogP contribution in [0.25, 0.3) is 11.1 Å². The van der Waals surface area contributed by atoms with Crippen LogP contribution in [0.4, 0.5) is 5.69 Å². The normalized spacial score (nSPS) is 12.3. The van der Waals surface area contributed by atoms with Crippen molar-refractivity contribution in [2.24, 2.45) is 0 Å². The molecule has 2 aromatic carbocycles. The Morgan fingerprint density at radius 3 is 2.82 bits per heavy atom. The summed E-state index contributed by atoms with van der Waals surface area (Å²) in [5.41, 5.74) is 2.11. The molecule has 1 atom stereocenters. The minimum Gasteiger partial charge on any atom is -0.431 e. The number of amides is 1. The molecule has 3 rings (SSSR count). The first-order chi connectivity index (χ1) is 10.6. The van der Waals surface area contributed by atoms with Gasteiger partial charge in [0.25, 0.3) is 5.22 Å². The summed E-state index contributed by atoms with van der Waals surface area (Å²) in [4.78, 5) is 16.5. The van der Waals surface area contributed by atoms with Crippen LogP contribution in [0.2, 0.25) is 5.02 Å². The van der Waals surface area contributed by atoms with Gasteiger partial charge in [-0.2, -0.15) is 0 Å². The van der Waals surface area contributed by atoms with Crippen molar-refractivity contribution in [3.05, 3.63) is 53.6 Å². The number of fused-ring (bicyclic) bond motifs is 1. The third kappa shape index (κ3) is 3.43. The van der Waals surface area contributed by atoms with Crippen molar-refractivity contribution in [3.63, 3.8) is 0 Å². The van der Waals surface area contributed by atoms with Gasteiger partial charge in [-0.1, -0.05) is 41.6 Å². The Kier molecular flexibility index (Phi) is 4.36. The van der Waals surface area contributed by atoms with Gasteiger partial charge in [0, 0.05) is 10.7 Å². The lowest BCUT2D eigenvalue weighted by Gasteiger charge is -2.09. The van der Waals surface area contributed by atoms with Gasteiger partial charge in [0.1, 0.15) is 5.52 Å². The highest BCUT2D eigenvalue weighted by Crippen LogP contribution is 2.28. The minimum absolute atomic E-state index is 0.100. The van der Waals surface area contributed by atoms with Crippen molar-refractivity contribution in [2.45, 2.75) is 17.4 Å². The molecule has 1 unspecified atom stereocenters. The van der Waals surface area contributed by atoms with Crippen LogP contribution in [0.15, 0.2) is 58.2 Å². The van der Waals surface area contributed by atoms with E-state index in [1.54, 1.807) is 18.2 Å². The summed E-state index contributed by atoms with van der Waals surface area (Å²) < 4.78 is 5.61. The summed E-state index contributed by atoms with van der Waals surface area (Å²) in [6.07, 6.45) is 0. The van der Waals surface area contributed by atoms with Gasteiger partial charge < -0.3 is 9.73 Å². The van der Waals surface area contributed by atoms with E-state index in [1.807, 2.05) is 37.3 Å². The lowest BCUT2D eigenvalue weighted by Crippen LogP contribution is -2.22. The van der Waals surface area contributed by atoms with Crippen molar-refractivity contribution in [3.8, 4) is 0 Å². The maximum Gasteiger partial charge on any atom is 0.257 e. The van der Waals surface area contributed by atoms with Gasteiger partial charge in [-0.25, -0.2) is 4.98 Å². The summed E-state index contributed by atoms with van der Waals surface area (Å²) in [5, 5.41) is 3.58. The van der Waals surface area contributed by atoms with E-state index in [-0.39, 0.29) is 11.2 Å². The predicted octanol–water partition coefficient (Wildman–Crippen LogP) is 4.60. The smallest absolute Gasteiger partial charge is 0.257 e. The number of anilines is 1. The zero-order valence-corrected chi connectivity index (χ0v) is 13.3. The molecule has 0 saturated carbocycles. The second kappa shape index (κ2) is 6.42. The number of halogens is 1. The van der Waals surface area contributed by atoms with Crippen molar-refractivity contribution in [2.75, 3.05) is 5.32 Å². The molecule has 1 amide bonds. The van der Waals surface area contributed by atoms with Gasteiger partial charge in [-0.3, -0.25) is 4.79 Å². The third-order valence-electron chi connectivity index (χ3n) is 3.02. The molecule has 4 nitrogen and oxygen atoms in total. The molecule has 0 saturated heterocycles. The molecule has 0 radical (unpaired) electrons. The highest BCUT2D eigenvalue weighted by atomic mass is 35.5. The van der Waals surface area contributed by atoms with Crippen LogP contribution in [0, 0.1) is 0 Å². The summed E-state index contributed by atoms with van der Waals surface area (Å²) >= 11 is 7.19. The molecule has 1 aromatic heterocycles. The molecule has 0 spiro atoms. The molecule has 0 aliphatic heterocycles. The Bertz CT molecular complexity index is 804. The Morgan fingerprint density at radius 1 is 1.27 bits per heavy atom. The fourth-order valence-electron chi connectivity index (χ4n) is 1.90. The lowest BCUT2D eigenvalue weighted by atomic mass is 10.3. The maximum atomic E-state index is 12.2. The Morgan fingerprint density at radius 2 is 2.05 bits per heavy atom. The average molecular weight is 333 g/mol. The number of nitrogens with zero attached hydrogens (tertiary/aromatic N) is 1. The quantitative estimate of drug-likeness (QED) is 0.709. The molecule has 0 bridgehead atoms. The van der Waals surface area contributed by atoms with Gasteiger partial charge in [0.15, 0.2) is 5.58 Å². The summed E-state index contributed by atoms with van der Waals surface area (Å²) in [7, 11) is 0. The van der Waals surface area contributed by atoms with Crippen LogP contribution in [-0.4, -0.2) is 16.1 Å². The number of oxazole rings is 1. The first-order valence-corrected chi connectivity index (χ1v) is 7.96.